The van der Waals surface area contributed by atoms with Crippen molar-refractivity contribution in [3.63, 3.8) is 0 Å². The number of nitrogens with two attached hydrogens (primary N) is 1. The summed E-state index contributed by atoms with van der Waals surface area (Å²) in [4.78, 5) is 11.3. The first-order valence-electron chi connectivity index (χ1n) is 7.73. The molecule has 3 heteroatoms. The molecule has 0 aromatic heterocycles. The third-order valence-electron chi connectivity index (χ3n) is 3.67. The van der Waals surface area contributed by atoms with E-state index in [1.165, 1.54) is 5.56 Å². The molecule has 1 unspecified atom stereocenters. The van der Waals surface area contributed by atoms with Crippen LogP contribution < -0.4 is 11.1 Å². The SMILES string of the molecule is CC(C)CC(NCc1cccc(C(N)=O)c1)c1ccccc1. The van der Waals surface area contributed by atoms with E-state index in [0.29, 0.717) is 24.1 Å². The van der Waals surface area contributed by atoms with Crippen molar-refractivity contribution >= 4 is 5.91 Å². The van der Waals surface area contributed by atoms with Crippen LogP contribution in [-0.4, -0.2) is 5.91 Å². The number of carbonyl (C=O) groups excluding carboxylic acids is 1. The summed E-state index contributed by atoms with van der Waals surface area (Å²) in [6.07, 6.45) is 1.07. The van der Waals surface area contributed by atoms with E-state index in [9.17, 15) is 4.79 Å². The summed E-state index contributed by atoms with van der Waals surface area (Å²) in [5.74, 6) is 0.221. The molecule has 3 N–H and O–H groups in total. The monoisotopic (exact) mass is 296 g/mol. The van der Waals surface area contributed by atoms with Crippen molar-refractivity contribution in [2.45, 2.75) is 32.9 Å². The van der Waals surface area contributed by atoms with Crippen LogP contribution in [0, 0.1) is 5.92 Å². The number of amides is 1. The maximum Gasteiger partial charge on any atom is 0.248 e. The molecule has 116 valence electrons. The Hall–Kier alpha value is -2.13. The van der Waals surface area contributed by atoms with Gasteiger partial charge in [-0.2, -0.15) is 0 Å². The molecule has 22 heavy (non-hydrogen) atoms. The van der Waals surface area contributed by atoms with Crippen molar-refractivity contribution in [3.8, 4) is 0 Å². The lowest BCUT2D eigenvalue weighted by Gasteiger charge is -2.21. The van der Waals surface area contributed by atoms with E-state index >= 15 is 0 Å². The van der Waals surface area contributed by atoms with Crippen LogP contribution in [-0.2, 0) is 6.54 Å². The second-order valence-corrected chi connectivity index (χ2v) is 6.04. The topological polar surface area (TPSA) is 55.1 Å². The van der Waals surface area contributed by atoms with Crippen molar-refractivity contribution in [3.05, 3.63) is 71.3 Å². The van der Waals surface area contributed by atoms with Gasteiger partial charge in [-0.3, -0.25) is 4.79 Å². The first-order valence-corrected chi connectivity index (χ1v) is 7.73. The van der Waals surface area contributed by atoms with Crippen LogP contribution in [0.15, 0.2) is 54.6 Å². The molecule has 0 radical (unpaired) electrons. The van der Waals surface area contributed by atoms with Gasteiger partial charge >= 0.3 is 0 Å². The van der Waals surface area contributed by atoms with Gasteiger partial charge in [0.2, 0.25) is 5.91 Å². The molecule has 0 heterocycles. The molecular formula is C19H24N2O. The lowest BCUT2D eigenvalue weighted by atomic mass is 9.96. The highest BCUT2D eigenvalue weighted by Crippen LogP contribution is 2.21. The number of carbonyl (C=O) groups is 1. The van der Waals surface area contributed by atoms with Crippen molar-refractivity contribution in [2.24, 2.45) is 11.7 Å². The third kappa shape index (κ3) is 4.71. The van der Waals surface area contributed by atoms with Gasteiger partial charge in [-0.05, 0) is 35.6 Å². The number of rotatable bonds is 7. The zero-order valence-corrected chi connectivity index (χ0v) is 13.3. The molecule has 1 atom stereocenters. The molecule has 0 saturated carbocycles. The van der Waals surface area contributed by atoms with Gasteiger partial charge in [0.25, 0.3) is 0 Å². The van der Waals surface area contributed by atoms with E-state index in [4.69, 9.17) is 5.73 Å². The normalized spacial score (nSPS) is 12.3. The van der Waals surface area contributed by atoms with E-state index in [1.807, 2.05) is 24.3 Å². The van der Waals surface area contributed by atoms with Crippen LogP contribution in [0.3, 0.4) is 0 Å². The van der Waals surface area contributed by atoms with Gasteiger partial charge in [-0.15, -0.1) is 0 Å². The molecule has 0 spiro atoms. The lowest BCUT2D eigenvalue weighted by molar-refractivity contribution is 0.1000. The summed E-state index contributed by atoms with van der Waals surface area (Å²) >= 11 is 0. The molecule has 0 aliphatic heterocycles. The molecule has 2 aromatic rings. The lowest BCUT2D eigenvalue weighted by Crippen LogP contribution is -2.22. The fraction of sp³-hybridized carbons (Fsp3) is 0.316. The average Bonchev–Trinajstić information content (AvgIpc) is 2.52. The minimum atomic E-state index is -0.386. The quantitative estimate of drug-likeness (QED) is 0.819. The molecule has 0 aliphatic rings. The number of benzene rings is 2. The molecular weight excluding hydrogens is 272 g/mol. The summed E-state index contributed by atoms with van der Waals surface area (Å²) in [5.41, 5.74) is 8.26. The van der Waals surface area contributed by atoms with Gasteiger partial charge in [0.15, 0.2) is 0 Å². The molecule has 0 aliphatic carbocycles. The predicted octanol–water partition coefficient (Wildman–Crippen LogP) is 3.66. The second-order valence-electron chi connectivity index (χ2n) is 6.04. The van der Waals surface area contributed by atoms with Crippen molar-refractivity contribution < 1.29 is 4.79 Å². The van der Waals surface area contributed by atoms with Gasteiger partial charge in [0.1, 0.15) is 0 Å². The van der Waals surface area contributed by atoms with Gasteiger partial charge in [0.05, 0.1) is 0 Å². The fourth-order valence-corrected chi connectivity index (χ4v) is 2.57. The predicted molar refractivity (Wildman–Crippen MR) is 90.4 cm³/mol. The van der Waals surface area contributed by atoms with E-state index in [2.05, 4.69) is 43.4 Å². The van der Waals surface area contributed by atoms with Crippen LogP contribution in [0.4, 0.5) is 0 Å². The summed E-state index contributed by atoms with van der Waals surface area (Å²) in [5, 5.41) is 3.60. The molecule has 3 nitrogen and oxygen atoms in total. The third-order valence-corrected chi connectivity index (χ3v) is 3.67. The molecule has 1 amide bonds. The smallest absolute Gasteiger partial charge is 0.248 e. The highest BCUT2D eigenvalue weighted by atomic mass is 16.1. The van der Waals surface area contributed by atoms with Crippen molar-refractivity contribution in [1.82, 2.24) is 5.32 Å². The summed E-state index contributed by atoms with van der Waals surface area (Å²) in [6, 6.07) is 18.3. The highest BCUT2D eigenvalue weighted by molar-refractivity contribution is 5.92. The minimum absolute atomic E-state index is 0.304. The van der Waals surface area contributed by atoms with Crippen LogP contribution in [0.5, 0.6) is 0 Å². The molecule has 2 rings (SSSR count). The van der Waals surface area contributed by atoms with Gasteiger partial charge < -0.3 is 11.1 Å². The zero-order chi connectivity index (χ0) is 15.9. The van der Waals surface area contributed by atoms with Crippen LogP contribution in [0.25, 0.3) is 0 Å². The van der Waals surface area contributed by atoms with Gasteiger partial charge in [-0.25, -0.2) is 0 Å². The first kappa shape index (κ1) is 16.2. The zero-order valence-electron chi connectivity index (χ0n) is 13.3. The maximum atomic E-state index is 11.3. The van der Waals surface area contributed by atoms with E-state index in [0.717, 1.165) is 12.0 Å². The summed E-state index contributed by atoms with van der Waals surface area (Å²) in [7, 11) is 0. The number of hydrogen-bond donors (Lipinski definition) is 2. The molecule has 0 saturated heterocycles. The van der Waals surface area contributed by atoms with Crippen molar-refractivity contribution in [1.29, 1.82) is 0 Å². The molecule has 0 fully saturated rings. The first-order chi connectivity index (χ1) is 10.6. The number of hydrogen-bond acceptors (Lipinski definition) is 2. The Morgan fingerprint density at radius 3 is 2.45 bits per heavy atom. The Balaban J connectivity index is 2.08. The Morgan fingerprint density at radius 1 is 1.09 bits per heavy atom. The van der Waals surface area contributed by atoms with Crippen LogP contribution >= 0.6 is 0 Å². The minimum Gasteiger partial charge on any atom is -0.366 e. The average molecular weight is 296 g/mol. The van der Waals surface area contributed by atoms with E-state index in [1.54, 1.807) is 6.07 Å². The Labute approximate surface area is 132 Å². The fourth-order valence-electron chi connectivity index (χ4n) is 2.57. The van der Waals surface area contributed by atoms with Crippen molar-refractivity contribution in [2.75, 3.05) is 0 Å². The Kier molecular flexibility index (Phi) is 5.73. The number of primary amides is 1. The standard InChI is InChI=1S/C19H24N2O/c1-14(2)11-18(16-8-4-3-5-9-16)21-13-15-7-6-10-17(12-15)19(20)22/h3-10,12,14,18,21H,11,13H2,1-2H3,(H2,20,22). The Bertz CT molecular complexity index is 608. The van der Waals surface area contributed by atoms with Crippen LogP contribution in [0.2, 0.25) is 0 Å². The van der Waals surface area contributed by atoms with Gasteiger partial charge in [0, 0.05) is 18.2 Å². The summed E-state index contributed by atoms with van der Waals surface area (Å²) in [6.45, 7) is 5.17. The highest BCUT2D eigenvalue weighted by Gasteiger charge is 2.12. The largest absolute Gasteiger partial charge is 0.366 e. The second kappa shape index (κ2) is 7.76. The molecule has 0 bridgehead atoms. The Morgan fingerprint density at radius 2 is 1.82 bits per heavy atom. The summed E-state index contributed by atoms with van der Waals surface area (Å²) < 4.78 is 0. The van der Waals surface area contributed by atoms with Crippen LogP contribution in [0.1, 0.15) is 47.8 Å². The maximum absolute atomic E-state index is 11.3. The molecule has 2 aromatic carbocycles. The number of nitrogens with one attached hydrogen (secondary N) is 1. The van der Waals surface area contributed by atoms with E-state index in [-0.39, 0.29) is 5.91 Å². The van der Waals surface area contributed by atoms with Gasteiger partial charge in [-0.1, -0.05) is 56.3 Å². The van der Waals surface area contributed by atoms with E-state index < -0.39 is 0 Å².